The van der Waals surface area contributed by atoms with Crippen molar-refractivity contribution in [3.05, 3.63) is 35.0 Å². The Morgan fingerprint density at radius 2 is 1.88 bits per heavy atom. The van der Waals surface area contributed by atoms with Gasteiger partial charge in [0.05, 0.1) is 12.7 Å². The van der Waals surface area contributed by atoms with Crippen LogP contribution in [0.15, 0.2) is 18.3 Å². The second-order valence-corrected chi connectivity index (χ2v) is 7.43. The molecule has 1 aromatic heterocycles. The van der Waals surface area contributed by atoms with E-state index in [1.165, 1.54) is 27.6 Å². The molecule has 1 aliphatic rings. The fourth-order valence-corrected chi connectivity index (χ4v) is 3.60. The van der Waals surface area contributed by atoms with Crippen molar-refractivity contribution in [3.63, 3.8) is 0 Å². The molecule has 2 heterocycles. The minimum atomic E-state index is 0.314. The number of aromatic nitrogens is 1. The summed E-state index contributed by atoms with van der Waals surface area (Å²) in [7, 11) is 4.19. The summed E-state index contributed by atoms with van der Waals surface area (Å²) in [6.45, 7) is 10.3. The van der Waals surface area contributed by atoms with Gasteiger partial charge in [-0.3, -0.25) is 4.90 Å². The third-order valence-corrected chi connectivity index (χ3v) is 5.06. The number of nitrogens with zero attached hydrogens (tertiary/aromatic N) is 2. The Morgan fingerprint density at radius 3 is 2.54 bits per heavy atom. The molecule has 0 aliphatic carbocycles. The van der Waals surface area contributed by atoms with Crippen LogP contribution >= 0.6 is 0 Å². The fourth-order valence-electron chi connectivity index (χ4n) is 3.60. The van der Waals surface area contributed by atoms with Crippen LogP contribution in [0, 0.1) is 0 Å². The highest BCUT2D eigenvalue weighted by Crippen LogP contribution is 2.30. The lowest BCUT2D eigenvalue weighted by molar-refractivity contribution is 0.0584. The summed E-state index contributed by atoms with van der Waals surface area (Å²) in [6, 6.07) is 5.31. The molecule has 0 saturated heterocycles. The van der Waals surface area contributed by atoms with E-state index in [4.69, 9.17) is 4.74 Å². The van der Waals surface area contributed by atoms with E-state index < -0.39 is 0 Å². The smallest absolute Gasteiger partial charge is 0.0597 e. The zero-order valence-corrected chi connectivity index (χ0v) is 15.7. The third-order valence-electron chi connectivity index (χ3n) is 5.06. The Labute approximate surface area is 145 Å². The summed E-state index contributed by atoms with van der Waals surface area (Å²) in [4.78, 5) is 2.49. The van der Waals surface area contributed by atoms with Gasteiger partial charge in [-0.25, -0.2) is 0 Å². The van der Waals surface area contributed by atoms with E-state index in [1.54, 1.807) is 0 Å². The van der Waals surface area contributed by atoms with Crippen LogP contribution in [0.4, 0.5) is 0 Å². The molecule has 1 atom stereocenters. The van der Waals surface area contributed by atoms with Crippen molar-refractivity contribution in [2.24, 2.45) is 7.05 Å². The van der Waals surface area contributed by atoms with Gasteiger partial charge in [-0.05, 0) is 63.1 Å². The van der Waals surface area contributed by atoms with E-state index in [0.717, 1.165) is 32.7 Å². The molecule has 1 unspecified atom stereocenters. The van der Waals surface area contributed by atoms with E-state index in [0.29, 0.717) is 12.1 Å². The van der Waals surface area contributed by atoms with Gasteiger partial charge in [-0.15, -0.1) is 0 Å². The Balaban J connectivity index is 1.78. The molecule has 1 aliphatic heterocycles. The summed E-state index contributed by atoms with van der Waals surface area (Å²) in [6.07, 6.45) is 3.68. The van der Waals surface area contributed by atoms with Crippen LogP contribution in [0.3, 0.4) is 0 Å². The van der Waals surface area contributed by atoms with Crippen molar-refractivity contribution < 1.29 is 4.74 Å². The summed E-state index contributed by atoms with van der Waals surface area (Å²) >= 11 is 0. The summed E-state index contributed by atoms with van der Waals surface area (Å²) in [5, 5.41) is 4.76. The van der Waals surface area contributed by atoms with E-state index >= 15 is 0 Å². The first-order chi connectivity index (χ1) is 11.5. The van der Waals surface area contributed by atoms with Gasteiger partial charge in [0.15, 0.2) is 0 Å². The van der Waals surface area contributed by atoms with Gasteiger partial charge in [0.25, 0.3) is 0 Å². The average molecular weight is 329 g/mol. The molecule has 4 nitrogen and oxygen atoms in total. The van der Waals surface area contributed by atoms with E-state index in [-0.39, 0.29) is 0 Å². The van der Waals surface area contributed by atoms with Crippen LogP contribution in [0.25, 0.3) is 10.9 Å². The second-order valence-electron chi connectivity index (χ2n) is 7.43. The van der Waals surface area contributed by atoms with Crippen LogP contribution in [0.1, 0.15) is 37.5 Å². The first kappa shape index (κ1) is 17.5. The molecule has 0 radical (unpaired) electrons. The number of hydrogen-bond acceptors (Lipinski definition) is 3. The Bertz CT molecular complexity index is 704. The number of hydrogen-bond donors (Lipinski definition) is 1. The Morgan fingerprint density at radius 1 is 1.17 bits per heavy atom. The average Bonchev–Trinajstić information content (AvgIpc) is 3.06. The standard InChI is InChI=1S/C20H31N3O/c1-14(2)24-7-6-23-12-16-9-19-18(8-15(3)21-4)11-22(5)20(19)10-17(16)13-23/h9-11,14-15,21H,6-8,12-13H2,1-5H3. The predicted molar refractivity (Wildman–Crippen MR) is 100 cm³/mol. The SMILES string of the molecule is CNC(C)Cc1cn(C)c2cc3c(cc12)CN(CCOC(C)C)C3. The predicted octanol–water partition coefficient (Wildman–Crippen LogP) is 3.07. The zero-order chi connectivity index (χ0) is 17.3. The Kier molecular flexibility index (Phi) is 5.28. The molecule has 0 saturated carbocycles. The maximum atomic E-state index is 5.71. The van der Waals surface area contributed by atoms with Crippen LogP contribution in [-0.4, -0.2) is 41.8 Å². The maximum absolute atomic E-state index is 5.71. The van der Waals surface area contributed by atoms with Crippen LogP contribution < -0.4 is 5.32 Å². The van der Waals surface area contributed by atoms with Gasteiger partial charge < -0.3 is 14.6 Å². The van der Waals surface area contributed by atoms with Crippen LogP contribution in [-0.2, 0) is 31.3 Å². The first-order valence-corrected chi connectivity index (χ1v) is 9.09. The van der Waals surface area contributed by atoms with Crippen molar-refractivity contribution in [3.8, 4) is 0 Å². The number of fused-ring (bicyclic) bond motifs is 2. The van der Waals surface area contributed by atoms with E-state index in [9.17, 15) is 0 Å². The molecule has 132 valence electrons. The number of nitrogens with one attached hydrogen (secondary N) is 1. The molecule has 1 N–H and O–H groups in total. The van der Waals surface area contributed by atoms with Crippen LogP contribution in [0.5, 0.6) is 0 Å². The van der Waals surface area contributed by atoms with E-state index in [1.807, 2.05) is 7.05 Å². The van der Waals surface area contributed by atoms with Gasteiger partial charge in [0.1, 0.15) is 0 Å². The molecule has 0 fully saturated rings. The first-order valence-electron chi connectivity index (χ1n) is 9.09. The molecule has 0 spiro atoms. The molecule has 0 bridgehead atoms. The molecule has 2 aromatic rings. The van der Waals surface area contributed by atoms with Gasteiger partial charge >= 0.3 is 0 Å². The van der Waals surface area contributed by atoms with Crippen molar-refractivity contribution in [1.82, 2.24) is 14.8 Å². The third kappa shape index (κ3) is 3.66. The minimum absolute atomic E-state index is 0.314. The van der Waals surface area contributed by atoms with Crippen LogP contribution in [0.2, 0.25) is 0 Å². The number of likely N-dealkylation sites (N-methyl/N-ethyl adjacent to an activating group) is 1. The monoisotopic (exact) mass is 329 g/mol. The molecular weight excluding hydrogens is 298 g/mol. The van der Waals surface area contributed by atoms with E-state index in [2.05, 4.69) is 60.9 Å². The van der Waals surface area contributed by atoms with Gasteiger partial charge in [-0.2, -0.15) is 0 Å². The molecular formula is C20H31N3O. The zero-order valence-electron chi connectivity index (χ0n) is 15.7. The number of ether oxygens (including phenoxy) is 1. The molecule has 0 amide bonds. The summed E-state index contributed by atoms with van der Waals surface area (Å²) < 4.78 is 7.98. The number of aryl methyl sites for hydroxylation is 1. The maximum Gasteiger partial charge on any atom is 0.0597 e. The highest BCUT2D eigenvalue weighted by molar-refractivity contribution is 5.86. The fraction of sp³-hybridized carbons (Fsp3) is 0.600. The molecule has 4 heteroatoms. The topological polar surface area (TPSA) is 29.4 Å². The lowest BCUT2D eigenvalue weighted by Gasteiger charge is -2.15. The lowest BCUT2D eigenvalue weighted by atomic mass is 10.0. The molecule has 3 rings (SSSR count). The highest BCUT2D eigenvalue weighted by atomic mass is 16.5. The van der Waals surface area contributed by atoms with Gasteiger partial charge in [0, 0.05) is 49.8 Å². The summed E-state index contributed by atoms with van der Waals surface area (Å²) in [5.74, 6) is 0. The Hall–Kier alpha value is -1.36. The number of rotatable bonds is 7. The minimum Gasteiger partial charge on any atom is -0.377 e. The largest absolute Gasteiger partial charge is 0.377 e. The van der Waals surface area contributed by atoms with Gasteiger partial charge in [0.2, 0.25) is 0 Å². The number of benzene rings is 1. The van der Waals surface area contributed by atoms with Gasteiger partial charge in [-0.1, -0.05) is 0 Å². The summed E-state index contributed by atoms with van der Waals surface area (Å²) in [5.41, 5.74) is 5.75. The normalized spacial score (nSPS) is 16.2. The molecule has 24 heavy (non-hydrogen) atoms. The quantitative estimate of drug-likeness (QED) is 0.846. The molecule has 1 aromatic carbocycles. The van der Waals surface area contributed by atoms with Crippen molar-refractivity contribution >= 4 is 10.9 Å². The van der Waals surface area contributed by atoms with Crippen molar-refractivity contribution in [1.29, 1.82) is 0 Å². The van der Waals surface area contributed by atoms with Crippen molar-refractivity contribution in [2.45, 2.75) is 52.4 Å². The lowest BCUT2D eigenvalue weighted by Crippen LogP contribution is -2.23. The van der Waals surface area contributed by atoms with Crippen molar-refractivity contribution in [2.75, 3.05) is 20.2 Å². The second kappa shape index (κ2) is 7.26. The highest BCUT2D eigenvalue weighted by Gasteiger charge is 2.21.